The van der Waals surface area contributed by atoms with Gasteiger partial charge in [0.25, 0.3) is 0 Å². The van der Waals surface area contributed by atoms with Crippen molar-refractivity contribution in [3.05, 3.63) is 0 Å². The molecule has 3 rings (SSSR count). The number of hydrogen-bond acceptors (Lipinski definition) is 2. The van der Waals surface area contributed by atoms with Crippen LogP contribution >= 0.6 is 0 Å². The Kier molecular flexibility index (Phi) is 0.783. The molecule has 2 heteroatoms. The molecular weight excluding hydrogens is 126 g/mol. The minimum Gasteiger partial charge on any atom is -0.395 e. The largest absolute Gasteiger partial charge is 0.395 e. The van der Waals surface area contributed by atoms with E-state index in [9.17, 15) is 0 Å². The fourth-order valence-corrected chi connectivity index (χ4v) is 3.06. The van der Waals surface area contributed by atoms with Crippen molar-refractivity contribution in [1.82, 2.24) is 5.32 Å². The van der Waals surface area contributed by atoms with Crippen molar-refractivity contribution in [3.8, 4) is 0 Å². The van der Waals surface area contributed by atoms with Crippen LogP contribution in [0.5, 0.6) is 0 Å². The van der Waals surface area contributed by atoms with Gasteiger partial charge in [-0.2, -0.15) is 0 Å². The number of hydrogen-bond donors (Lipinski definition) is 2. The van der Waals surface area contributed by atoms with Gasteiger partial charge in [-0.15, -0.1) is 0 Å². The second-order valence-corrected chi connectivity index (χ2v) is 4.06. The summed E-state index contributed by atoms with van der Waals surface area (Å²) in [6, 6.07) is 0.451. The molecule has 0 bridgehead atoms. The molecule has 3 fully saturated rings. The van der Waals surface area contributed by atoms with Gasteiger partial charge in [-0.1, -0.05) is 0 Å². The molecule has 1 heterocycles. The topological polar surface area (TPSA) is 32.3 Å². The fraction of sp³-hybridized carbons (Fsp3) is 1.00. The van der Waals surface area contributed by atoms with E-state index >= 15 is 0 Å². The maximum atomic E-state index is 8.96. The first kappa shape index (κ1) is 5.56. The van der Waals surface area contributed by atoms with Crippen molar-refractivity contribution >= 4 is 0 Å². The molecule has 0 radical (unpaired) electrons. The summed E-state index contributed by atoms with van der Waals surface area (Å²) in [6.07, 6.45) is 2.89. The van der Waals surface area contributed by atoms with Crippen LogP contribution in [-0.4, -0.2) is 24.3 Å². The fourth-order valence-electron chi connectivity index (χ4n) is 3.06. The maximum Gasteiger partial charge on any atom is 0.0587 e. The normalized spacial score (nSPS) is 53.1. The average Bonchev–Trinajstić information content (AvgIpc) is 2.81. The lowest BCUT2D eigenvalue weighted by atomic mass is 10.1. The molecule has 1 aliphatic heterocycles. The van der Waals surface area contributed by atoms with E-state index in [1.807, 2.05) is 0 Å². The molecule has 2 saturated carbocycles. The lowest BCUT2D eigenvalue weighted by Gasteiger charge is -2.10. The Labute approximate surface area is 60.6 Å². The van der Waals surface area contributed by atoms with Gasteiger partial charge in [-0.05, 0) is 36.6 Å². The van der Waals surface area contributed by atoms with Gasteiger partial charge in [0.05, 0.1) is 6.61 Å². The van der Waals surface area contributed by atoms with E-state index in [0.29, 0.717) is 12.6 Å². The van der Waals surface area contributed by atoms with Crippen molar-refractivity contribution in [3.63, 3.8) is 0 Å². The van der Waals surface area contributed by atoms with Crippen molar-refractivity contribution in [2.75, 3.05) is 13.2 Å². The van der Waals surface area contributed by atoms with Crippen LogP contribution < -0.4 is 5.32 Å². The summed E-state index contributed by atoms with van der Waals surface area (Å²) in [7, 11) is 0. The molecule has 0 aromatic heterocycles. The standard InChI is InChI=1S/C8H13NO/c10-4-6-7-5(3-9-6)8(7)1-2-8/h5-7,9-10H,1-4H2/t5-,6+,7-/m0/s1. The third-order valence-electron chi connectivity index (χ3n) is 3.78. The molecular formula is C8H13NO. The third kappa shape index (κ3) is 0.424. The number of aliphatic hydroxyl groups excluding tert-OH is 1. The van der Waals surface area contributed by atoms with Crippen LogP contribution in [0.15, 0.2) is 0 Å². The van der Waals surface area contributed by atoms with Crippen molar-refractivity contribution in [2.45, 2.75) is 18.9 Å². The molecule has 2 N–H and O–H groups in total. The van der Waals surface area contributed by atoms with E-state index in [4.69, 9.17) is 5.11 Å². The van der Waals surface area contributed by atoms with Gasteiger partial charge in [0.15, 0.2) is 0 Å². The van der Waals surface area contributed by atoms with Crippen LogP contribution in [0.1, 0.15) is 12.8 Å². The molecule has 2 nitrogen and oxygen atoms in total. The van der Waals surface area contributed by atoms with Gasteiger partial charge in [0.1, 0.15) is 0 Å². The van der Waals surface area contributed by atoms with Gasteiger partial charge < -0.3 is 10.4 Å². The molecule has 1 saturated heterocycles. The van der Waals surface area contributed by atoms with Crippen LogP contribution in [0, 0.1) is 17.3 Å². The Balaban J connectivity index is 1.82. The summed E-state index contributed by atoms with van der Waals surface area (Å²) >= 11 is 0. The highest BCUT2D eigenvalue weighted by Crippen LogP contribution is 2.77. The number of aliphatic hydroxyl groups is 1. The Morgan fingerprint density at radius 1 is 1.50 bits per heavy atom. The number of nitrogens with one attached hydrogen (secondary N) is 1. The van der Waals surface area contributed by atoms with Crippen LogP contribution in [0.25, 0.3) is 0 Å². The summed E-state index contributed by atoms with van der Waals surface area (Å²) in [5, 5.41) is 12.3. The minimum atomic E-state index is 0.350. The van der Waals surface area contributed by atoms with Crippen LogP contribution in [0.2, 0.25) is 0 Å². The molecule has 2 aliphatic carbocycles. The van der Waals surface area contributed by atoms with Gasteiger partial charge in [-0.3, -0.25) is 0 Å². The third-order valence-corrected chi connectivity index (χ3v) is 3.78. The summed E-state index contributed by atoms with van der Waals surface area (Å²) in [5.41, 5.74) is 0.763. The summed E-state index contributed by atoms with van der Waals surface area (Å²) in [4.78, 5) is 0. The smallest absolute Gasteiger partial charge is 0.0587 e. The predicted octanol–water partition coefficient (Wildman–Crippen LogP) is -0.0233. The van der Waals surface area contributed by atoms with Gasteiger partial charge >= 0.3 is 0 Å². The molecule has 3 aliphatic rings. The van der Waals surface area contributed by atoms with Gasteiger partial charge in [0.2, 0.25) is 0 Å². The predicted molar refractivity (Wildman–Crippen MR) is 37.5 cm³/mol. The lowest BCUT2D eigenvalue weighted by molar-refractivity contribution is 0.234. The molecule has 0 aromatic carbocycles. The zero-order valence-corrected chi connectivity index (χ0v) is 6.01. The summed E-state index contributed by atoms with van der Waals surface area (Å²) in [6.45, 7) is 1.53. The summed E-state index contributed by atoms with van der Waals surface area (Å²) < 4.78 is 0. The second kappa shape index (κ2) is 1.41. The second-order valence-electron chi connectivity index (χ2n) is 4.06. The van der Waals surface area contributed by atoms with Crippen LogP contribution in [0.3, 0.4) is 0 Å². The van der Waals surface area contributed by atoms with Gasteiger partial charge in [-0.25, -0.2) is 0 Å². The van der Waals surface area contributed by atoms with Crippen LogP contribution in [-0.2, 0) is 0 Å². The highest BCUT2D eigenvalue weighted by molar-refractivity contribution is 5.25. The van der Waals surface area contributed by atoms with E-state index in [0.717, 1.165) is 17.3 Å². The lowest BCUT2D eigenvalue weighted by Crippen LogP contribution is -2.31. The zero-order chi connectivity index (χ0) is 6.77. The molecule has 3 atom stereocenters. The summed E-state index contributed by atoms with van der Waals surface area (Å²) in [5.74, 6) is 1.81. The van der Waals surface area contributed by atoms with E-state index in [2.05, 4.69) is 5.32 Å². The van der Waals surface area contributed by atoms with E-state index in [1.165, 1.54) is 19.4 Å². The zero-order valence-electron chi connectivity index (χ0n) is 6.01. The molecule has 0 unspecified atom stereocenters. The Morgan fingerprint density at radius 3 is 2.80 bits per heavy atom. The first-order valence-electron chi connectivity index (χ1n) is 4.23. The first-order chi connectivity index (χ1) is 4.88. The first-order valence-corrected chi connectivity index (χ1v) is 4.23. The molecule has 0 aromatic rings. The van der Waals surface area contributed by atoms with E-state index in [-0.39, 0.29) is 0 Å². The number of rotatable bonds is 1. The Morgan fingerprint density at radius 2 is 2.30 bits per heavy atom. The Bertz CT molecular complexity index is 176. The SMILES string of the molecule is OC[C@H]1NC[C@H]2[C@@H]1C21CC1. The van der Waals surface area contributed by atoms with E-state index in [1.54, 1.807) is 0 Å². The molecule has 10 heavy (non-hydrogen) atoms. The van der Waals surface area contributed by atoms with Gasteiger partial charge in [0, 0.05) is 6.04 Å². The molecule has 1 spiro atoms. The average molecular weight is 139 g/mol. The van der Waals surface area contributed by atoms with Crippen molar-refractivity contribution in [1.29, 1.82) is 0 Å². The van der Waals surface area contributed by atoms with E-state index < -0.39 is 0 Å². The Hall–Kier alpha value is -0.0800. The number of fused-ring (bicyclic) bond motifs is 3. The molecule has 56 valence electrons. The highest BCUT2D eigenvalue weighted by atomic mass is 16.3. The van der Waals surface area contributed by atoms with Crippen molar-refractivity contribution < 1.29 is 5.11 Å². The van der Waals surface area contributed by atoms with Crippen LogP contribution in [0.4, 0.5) is 0 Å². The monoisotopic (exact) mass is 139 g/mol. The minimum absolute atomic E-state index is 0.350. The number of piperidine rings is 1. The molecule has 0 amide bonds. The quantitative estimate of drug-likeness (QED) is 0.535. The van der Waals surface area contributed by atoms with Crippen molar-refractivity contribution in [2.24, 2.45) is 17.3 Å². The highest BCUT2D eigenvalue weighted by Gasteiger charge is 2.75. The maximum absolute atomic E-state index is 8.96.